The molecule has 0 saturated heterocycles. The molecule has 0 radical (unpaired) electrons. The molecule has 0 atom stereocenters. The van der Waals surface area contributed by atoms with Gasteiger partial charge in [0.25, 0.3) is 0 Å². The monoisotopic (exact) mass is 379 g/mol. The fourth-order valence-electron chi connectivity index (χ4n) is 2.20. The van der Waals surface area contributed by atoms with E-state index in [-0.39, 0.29) is 0 Å². The zero-order valence-corrected chi connectivity index (χ0v) is 14.5. The Hall–Kier alpha value is -0.820. The lowest BCUT2D eigenvalue weighted by Gasteiger charge is -2.05. The number of nitrogens with zero attached hydrogens (tertiary/aromatic N) is 2. The summed E-state index contributed by atoms with van der Waals surface area (Å²) in [5, 5.41) is 6.80. The molecule has 0 aliphatic heterocycles. The van der Waals surface area contributed by atoms with Crippen LogP contribution in [-0.2, 0) is 6.54 Å². The molecule has 1 aliphatic rings. The molecule has 2 aromatic heterocycles. The van der Waals surface area contributed by atoms with Crippen LogP contribution in [0.3, 0.4) is 0 Å². The van der Waals surface area contributed by atoms with E-state index in [4.69, 9.17) is 4.98 Å². The van der Waals surface area contributed by atoms with Crippen molar-refractivity contribution in [1.82, 2.24) is 14.7 Å². The quantitative estimate of drug-likeness (QED) is 0.704. The molecule has 3 aromatic rings. The standard InChI is InChI=1S/C15H14BrN3S2/c16-10-1-5-12(6-2-10)21-14-13(9-17-11-3-4-11)19-7-8-20-15(19)18-14/h1-2,5-8,11,17H,3-4,9H2. The molecule has 1 fully saturated rings. The third kappa shape index (κ3) is 3.04. The van der Waals surface area contributed by atoms with Gasteiger partial charge in [0.05, 0.1) is 5.69 Å². The number of nitrogens with one attached hydrogen (secondary N) is 1. The third-order valence-corrected chi connectivity index (χ3v) is 5.80. The Kier molecular flexibility index (Phi) is 3.79. The van der Waals surface area contributed by atoms with Crippen LogP contribution in [0, 0.1) is 0 Å². The Labute approximate surface area is 139 Å². The van der Waals surface area contributed by atoms with Gasteiger partial charge in [0.15, 0.2) is 4.96 Å². The molecule has 108 valence electrons. The highest BCUT2D eigenvalue weighted by molar-refractivity contribution is 9.10. The number of benzene rings is 1. The summed E-state index contributed by atoms with van der Waals surface area (Å²) in [5.74, 6) is 0. The number of rotatable bonds is 5. The van der Waals surface area contributed by atoms with Crippen molar-refractivity contribution in [3.8, 4) is 0 Å². The van der Waals surface area contributed by atoms with Gasteiger partial charge in [-0.2, -0.15) is 0 Å². The van der Waals surface area contributed by atoms with Crippen molar-refractivity contribution in [3.63, 3.8) is 0 Å². The van der Waals surface area contributed by atoms with Gasteiger partial charge in [0.1, 0.15) is 5.03 Å². The van der Waals surface area contributed by atoms with Crippen LogP contribution in [0.25, 0.3) is 4.96 Å². The highest BCUT2D eigenvalue weighted by Gasteiger charge is 2.22. The molecule has 21 heavy (non-hydrogen) atoms. The minimum absolute atomic E-state index is 0.708. The predicted octanol–water partition coefficient (Wildman–Crippen LogP) is 4.56. The molecule has 4 rings (SSSR count). The number of thiazole rings is 1. The van der Waals surface area contributed by atoms with Crippen LogP contribution in [0.5, 0.6) is 0 Å². The Bertz CT molecular complexity index is 759. The van der Waals surface area contributed by atoms with Crippen molar-refractivity contribution in [2.45, 2.75) is 35.3 Å². The maximum atomic E-state index is 4.78. The van der Waals surface area contributed by atoms with E-state index in [1.165, 1.54) is 23.4 Å². The van der Waals surface area contributed by atoms with Crippen molar-refractivity contribution < 1.29 is 0 Å². The number of fused-ring (bicyclic) bond motifs is 1. The first-order valence-corrected chi connectivity index (χ1v) is 9.40. The first-order chi connectivity index (χ1) is 10.3. The van der Waals surface area contributed by atoms with E-state index in [0.29, 0.717) is 6.04 Å². The minimum Gasteiger partial charge on any atom is -0.308 e. The number of aromatic nitrogens is 2. The second kappa shape index (κ2) is 5.76. The fourth-order valence-corrected chi connectivity index (χ4v) is 4.17. The molecule has 0 spiro atoms. The van der Waals surface area contributed by atoms with Gasteiger partial charge < -0.3 is 5.32 Å². The molecular formula is C15H14BrN3S2. The van der Waals surface area contributed by atoms with Crippen molar-refractivity contribution in [2.75, 3.05) is 0 Å². The van der Waals surface area contributed by atoms with Crippen LogP contribution in [0.2, 0.25) is 0 Å². The number of hydrogen-bond acceptors (Lipinski definition) is 4. The van der Waals surface area contributed by atoms with E-state index >= 15 is 0 Å². The maximum Gasteiger partial charge on any atom is 0.194 e. The van der Waals surface area contributed by atoms with Crippen molar-refractivity contribution in [3.05, 3.63) is 46.0 Å². The van der Waals surface area contributed by atoms with E-state index in [1.54, 1.807) is 23.1 Å². The van der Waals surface area contributed by atoms with Crippen LogP contribution in [0.4, 0.5) is 0 Å². The highest BCUT2D eigenvalue weighted by atomic mass is 79.9. The van der Waals surface area contributed by atoms with E-state index in [0.717, 1.165) is 21.0 Å². The SMILES string of the molecule is Brc1ccc(Sc2nc3sccn3c2CNC2CC2)cc1. The first-order valence-electron chi connectivity index (χ1n) is 6.91. The summed E-state index contributed by atoms with van der Waals surface area (Å²) < 4.78 is 3.31. The Morgan fingerprint density at radius 1 is 1.33 bits per heavy atom. The predicted molar refractivity (Wildman–Crippen MR) is 91.2 cm³/mol. The van der Waals surface area contributed by atoms with Crippen LogP contribution >= 0.6 is 39.0 Å². The molecule has 1 N–H and O–H groups in total. The minimum atomic E-state index is 0.708. The summed E-state index contributed by atoms with van der Waals surface area (Å²) in [7, 11) is 0. The molecule has 2 heterocycles. The summed E-state index contributed by atoms with van der Waals surface area (Å²) in [6.45, 7) is 0.890. The lowest BCUT2D eigenvalue weighted by molar-refractivity contribution is 0.661. The largest absolute Gasteiger partial charge is 0.308 e. The molecule has 0 unspecified atom stereocenters. The summed E-state index contributed by atoms with van der Waals surface area (Å²) >= 11 is 6.91. The fraction of sp³-hybridized carbons (Fsp3) is 0.267. The average Bonchev–Trinajstić information content (AvgIpc) is 3.10. The molecule has 0 bridgehead atoms. The zero-order valence-electron chi connectivity index (χ0n) is 11.3. The van der Waals surface area contributed by atoms with Crippen LogP contribution in [0.15, 0.2) is 50.2 Å². The molecule has 1 aromatic carbocycles. The topological polar surface area (TPSA) is 29.3 Å². The summed E-state index contributed by atoms with van der Waals surface area (Å²) in [4.78, 5) is 7.07. The average molecular weight is 380 g/mol. The molecule has 3 nitrogen and oxygen atoms in total. The summed E-state index contributed by atoms with van der Waals surface area (Å²) in [5.41, 5.74) is 1.27. The van der Waals surface area contributed by atoms with Crippen molar-refractivity contribution in [1.29, 1.82) is 0 Å². The van der Waals surface area contributed by atoms with Crippen LogP contribution in [-0.4, -0.2) is 15.4 Å². The van der Waals surface area contributed by atoms with Gasteiger partial charge >= 0.3 is 0 Å². The van der Waals surface area contributed by atoms with E-state index in [1.807, 2.05) is 0 Å². The van der Waals surface area contributed by atoms with Gasteiger partial charge in [0.2, 0.25) is 0 Å². The Morgan fingerprint density at radius 3 is 2.90 bits per heavy atom. The molecule has 6 heteroatoms. The van der Waals surface area contributed by atoms with Crippen molar-refractivity contribution in [2.24, 2.45) is 0 Å². The summed E-state index contributed by atoms with van der Waals surface area (Å²) in [6, 6.07) is 9.10. The summed E-state index contributed by atoms with van der Waals surface area (Å²) in [6.07, 6.45) is 4.73. The lowest BCUT2D eigenvalue weighted by atomic mass is 10.4. The second-order valence-electron chi connectivity index (χ2n) is 5.13. The van der Waals surface area contributed by atoms with Crippen LogP contribution in [0.1, 0.15) is 18.5 Å². The van der Waals surface area contributed by atoms with Gasteiger partial charge in [-0.15, -0.1) is 11.3 Å². The number of imidazole rings is 1. The second-order valence-corrected chi connectivity index (χ2v) is 7.98. The smallest absolute Gasteiger partial charge is 0.194 e. The van der Waals surface area contributed by atoms with Crippen LogP contribution < -0.4 is 5.32 Å². The number of halogens is 1. The van der Waals surface area contributed by atoms with E-state index in [9.17, 15) is 0 Å². The normalized spacial score (nSPS) is 14.9. The van der Waals surface area contributed by atoms with Gasteiger partial charge in [-0.1, -0.05) is 27.7 Å². The molecular weight excluding hydrogens is 366 g/mol. The van der Waals surface area contributed by atoms with Gasteiger partial charge in [-0.3, -0.25) is 4.40 Å². The van der Waals surface area contributed by atoms with Crippen molar-refractivity contribution >= 4 is 44.0 Å². The highest BCUT2D eigenvalue weighted by Crippen LogP contribution is 2.33. The Morgan fingerprint density at radius 2 is 2.14 bits per heavy atom. The first kappa shape index (κ1) is 13.8. The van der Waals surface area contributed by atoms with Gasteiger partial charge in [-0.25, -0.2) is 4.98 Å². The van der Waals surface area contributed by atoms with Gasteiger partial charge in [0, 0.05) is 33.5 Å². The zero-order chi connectivity index (χ0) is 14.2. The number of hydrogen-bond donors (Lipinski definition) is 1. The lowest BCUT2D eigenvalue weighted by Crippen LogP contribution is -2.16. The third-order valence-electron chi connectivity index (χ3n) is 3.49. The van der Waals surface area contributed by atoms with Gasteiger partial charge in [-0.05, 0) is 37.1 Å². The molecule has 1 saturated carbocycles. The maximum absolute atomic E-state index is 4.78. The Balaban J connectivity index is 1.64. The molecule has 0 amide bonds. The van der Waals surface area contributed by atoms with E-state index in [2.05, 4.69) is 61.5 Å². The van der Waals surface area contributed by atoms with E-state index < -0.39 is 0 Å². The molecule has 1 aliphatic carbocycles.